The molecule has 0 bridgehead atoms. The van der Waals surface area contributed by atoms with Crippen molar-refractivity contribution in [3.8, 4) is 0 Å². The summed E-state index contributed by atoms with van der Waals surface area (Å²) in [7, 11) is -3.78. The van der Waals surface area contributed by atoms with Crippen molar-refractivity contribution in [3.05, 3.63) is 84.1 Å². The summed E-state index contributed by atoms with van der Waals surface area (Å²) in [4.78, 5) is 28.7. The second-order valence-electron chi connectivity index (χ2n) is 7.39. The number of H-pyrrole nitrogens is 1. The fourth-order valence-corrected chi connectivity index (χ4v) is 4.06. The van der Waals surface area contributed by atoms with E-state index in [4.69, 9.17) is 0 Å². The number of benzene rings is 3. The van der Waals surface area contributed by atoms with Gasteiger partial charge in [0.05, 0.1) is 6.26 Å². The zero-order valence-corrected chi connectivity index (χ0v) is 17.6. The monoisotopic (exact) mass is 435 g/mol. The molecule has 158 valence electrons. The van der Waals surface area contributed by atoms with Crippen molar-refractivity contribution in [1.29, 1.82) is 0 Å². The van der Waals surface area contributed by atoms with Crippen LogP contribution in [0.4, 0.5) is 0 Å². The van der Waals surface area contributed by atoms with Gasteiger partial charge in [-0.05, 0) is 34.5 Å². The number of carbonyl (C=O) groups excluding carboxylic acids is 2. The van der Waals surface area contributed by atoms with Crippen LogP contribution in [0.25, 0.3) is 21.7 Å². The fourth-order valence-electron chi connectivity index (χ4n) is 3.56. The molecule has 0 aliphatic carbocycles. The number of amides is 2. The van der Waals surface area contributed by atoms with Crippen LogP contribution in [0.1, 0.15) is 15.9 Å². The normalized spacial score (nSPS) is 12.5. The Hall–Kier alpha value is -3.65. The maximum absolute atomic E-state index is 12.9. The summed E-state index contributed by atoms with van der Waals surface area (Å²) in [6.07, 6.45) is 2.79. The number of carbonyl (C=O) groups is 2. The van der Waals surface area contributed by atoms with Gasteiger partial charge in [0.15, 0.2) is 0 Å². The van der Waals surface area contributed by atoms with Gasteiger partial charge in [-0.1, -0.05) is 48.5 Å². The third-order valence-electron chi connectivity index (χ3n) is 5.02. The Morgan fingerprint density at radius 1 is 0.968 bits per heavy atom. The van der Waals surface area contributed by atoms with Gasteiger partial charge in [0.2, 0.25) is 10.0 Å². The lowest BCUT2D eigenvalue weighted by molar-refractivity contribution is -0.121. The minimum absolute atomic E-state index is 0.130. The number of hydrogen-bond acceptors (Lipinski definition) is 4. The molecule has 2 amide bonds. The van der Waals surface area contributed by atoms with E-state index in [0.29, 0.717) is 5.56 Å². The smallest absolute Gasteiger partial charge is 0.256 e. The van der Waals surface area contributed by atoms with E-state index in [2.05, 4.69) is 10.3 Å². The van der Waals surface area contributed by atoms with Crippen LogP contribution in [0.5, 0.6) is 0 Å². The highest BCUT2D eigenvalue weighted by Crippen LogP contribution is 2.20. The zero-order valence-electron chi connectivity index (χ0n) is 16.8. The van der Waals surface area contributed by atoms with Gasteiger partial charge in [-0.25, -0.2) is 8.42 Å². The molecule has 0 spiro atoms. The molecule has 0 aliphatic heterocycles. The largest absolute Gasteiger partial charge is 0.361 e. The topological polar surface area (TPSA) is 108 Å². The van der Waals surface area contributed by atoms with Crippen molar-refractivity contribution in [2.45, 2.75) is 12.5 Å². The fraction of sp³-hybridized carbons (Fsp3) is 0.130. The number of aromatic nitrogens is 1. The Morgan fingerprint density at radius 3 is 2.45 bits per heavy atom. The number of hydrogen-bond donors (Lipinski definition) is 3. The Labute approximate surface area is 179 Å². The lowest BCUT2D eigenvalue weighted by atomic mass is 10.0. The van der Waals surface area contributed by atoms with Crippen LogP contribution in [0, 0.1) is 0 Å². The molecule has 1 unspecified atom stereocenters. The van der Waals surface area contributed by atoms with Crippen LogP contribution in [0.15, 0.2) is 72.9 Å². The number of aromatic amines is 1. The van der Waals surface area contributed by atoms with Crippen LogP contribution in [-0.4, -0.2) is 37.5 Å². The van der Waals surface area contributed by atoms with E-state index in [9.17, 15) is 18.0 Å². The van der Waals surface area contributed by atoms with Crippen LogP contribution < -0.4 is 10.0 Å². The minimum atomic E-state index is -3.78. The molecule has 0 aliphatic rings. The van der Waals surface area contributed by atoms with Gasteiger partial charge in [0, 0.05) is 29.1 Å². The highest BCUT2D eigenvalue weighted by atomic mass is 32.2. The minimum Gasteiger partial charge on any atom is -0.361 e. The second kappa shape index (κ2) is 8.23. The average molecular weight is 436 g/mol. The SMILES string of the molecule is CS(=O)(=O)NC(=O)C(Cc1c[nH]c2ccccc12)NC(=O)c1ccc2ccccc2c1. The number of fused-ring (bicyclic) bond motifs is 2. The average Bonchev–Trinajstić information content (AvgIpc) is 3.14. The lowest BCUT2D eigenvalue weighted by Gasteiger charge is -2.18. The Bertz CT molecular complexity index is 1390. The van der Waals surface area contributed by atoms with Crippen molar-refractivity contribution in [3.63, 3.8) is 0 Å². The summed E-state index contributed by atoms with van der Waals surface area (Å²) in [6, 6.07) is 19.4. The molecule has 0 saturated carbocycles. The molecule has 0 fully saturated rings. The first kappa shape index (κ1) is 20.6. The molecule has 1 atom stereocenters. The lowest BCUT2D eigenvalue weighted by Crippen LogP contribution is -2.49. The standard InChI is InChI=1S/C23H21N3O4S/c1-31(29,30)26-23(28)21(13-18-14-24-20-9-5-4-8-19(18)20)25-22(27)17-11-10-15-6-2-3-7-16(15)12-17/h2-12,14,21,24H,13H2,1H3,(H,25,27)(H,26,28). The molecular formula is C23H21N3O4S. The molecular weight excluding hydrogens is 414 g/mol. The Kier molecular flexibility index (Phi) is 5.48. The van der Waals surface area contributed by atoms with Crippen LogP contribution >= 0.6 is 0 Å². The van der Waals surface area contributed by atoms with Crippen molar-refractivity contribution in [2.24, 2.45) is 0 Å². The summed E-state index contributed by atoms with van der Waals surface area (Å²) in [6.45, 7) is 0. The van der Waals surface area contributed by atoms with Gasteiger partial charge in [0.25, 0.3) is 11.8 Å². The van der Waals surface area contributed by atoms with Crippen LogP contribution in [-0.2, 0) is 21.2 Å². The van der Waals surface area contributed by atoms with Crippen molar-refractivity contribution < 1.29 is 18.0 Å². The first-order valence-electron chi connectivity index (χ1n) is 9.66. The third kappa shape index (κ3) is 4.75. The molecule has 7 nitrogen and oxygen atoms in total. The van der Waals surface area contributed by atoms with E-state index >= 15 is 0 Å². The molecule has 0 saturated heterocycles. The molecule has 0 radical (unpaired) electrons. The van der Waals surface area contributed by atoms with E-state index in [-0.39, 0.29) is 6.42 Å². The van der Waals surface area contributed by atoms with Gasteiger partial charge in [-0.3, -0.25) is 14.3 Å². The van der Waals surface area contributed by atoms with E-state index in [1.165, 1.54) is 0 Å². The van der Waals surface area contributed by atoms with E-state index in [0.717, 1.165) is 33.5 Å². The molecule has 4 rings (SSSR count). The Balaban J connectivity index is 1.62. The molecule has 1 heterocycles. The number of para-hydroxylation sites is 1. The second-order valence-corrected chi connectivity index (χ2v) is 9.14. The highest BCUT2D eigenvalue weighted by molar-refractivity contribution is 7.89. The highest BCUT2D eigenvalue weighted by Gasteiger charge is 2.25. The first-order valence-corrected chi connectivity index (χ1v) is 11.6. The first-order chi connectivity index (χ1) is 14.8. The predicted molar refractivity (Wildman–Crippen MR) is 120 cm³/mol. The van der Waals surface area contributed by atoms with Gasteiger partial charge in [-0.2, -0.15) is 0 Å². The van der Waals surface area contributed by atoms with Crippen LogP contribution in [0.3, 0.4) is 0 Å². The molecule has 31 heavy (non-hydrogen) atoms. The molecule has 4 aromatic rings. The Morgan fingerprint density at radius 2 is 1.68 bits per heavy atom. The number of nitrogens with one attached hydrogen (secondary N) is 3. The number of sulfonamides is 1. The maximum atomic E-state index is 12.9. The summed E-state index contributed by atoms with van der Waals surface area (Å²) in [5.74, 6) is -1.25. The van der Waals surface area contributed by atoms with Crippen LogP contribution in [0.2, 0.25) is 0 Å². The van der Waals surface area contributed by atoms with E-state index in [1.54, 1.807) is 18.3 Å². The summed E-state index contributed by atoms with van der Waals surface area (Å²) in [5, 5.41) is 5.48. The van der Waals surface area contributed by atoms with Gasteiger partial charge < -0.3 is 10.3 Å². The third-order valence-corrected chi connectivity index (χ3v) is 5.59. The van der Waals surface area contributed by atoms with Gasteiger partial charge in [0.1, 0.15) is 6.04 Å². The predicted octanol–water partition coefficient (Wildman–Crippen LogP) is 2.74. The molecule has 3 N–H and O–H groups in total. The van der Waals surface area contributed by atoms with Crippen molar-refractivity contribution in [2.75, 3.05) is 6.26 Å². The van der Waals surface area contributed by atoms with Gasteiger partial charge in [-0.15, -0.1) is 0 Å². The van der Waals surface area contributed by atoms with Gasteiger partial charge >= 0.3 is 0 Å². The van der Waals surface area contributed by atoms with Crippen molar-refractivity contribution in [1.82, 2.24) is 15.0 Å². The zero-order chi connectivity index (χ0) is 22.0. The quantitative estimate of drug-likeness (QED) is 0.433. The van der Waals surface area contributed by atoms with E-state index in [1.807, 2.05) is 59.3 Å². The molecule has 3 aromatic carbocycles. The summed E-state index contributed by atoms with van der Waals surface area (Å²) in [5.41, 5.74) is 2.07. The summed E-state index contributed by atoms with van der Waals surface area (Å²) >= 11 is 0. The number of rotatable bonds is 6. The molecule has 1 aromatic heterocycles. The van der Waals surface area contributed by atoms with E-state index < -0.39 is 27.9 Å². The maximum Gasteiger partial charge on any atom is 0.256 e. The molecule has 8 heteroatoms. The summed E-state index contributed by atoms with van der Waals surface area (Å²) < 4.78 is 25.2. The van der Waals surface area contributed by atoms with Crippen molar-refractivity contribution >= 4 is 43.5 Å².